The van der Waals surface area contributed by atoms with Gasteiger partial charge in [0.05, 0.1) is 0 Å². The molecule has 1 aromatic rings. The summed E-state index contributed by atoms with van der Waals surface area (Å²) in [7, 11) is 2.03. The lowest BCUT2D eigenvalue weighted by Crippen LogP contribution is -2.02. The van der Waals surface area contributed by atoms with E-state index in [1.54, 1.807) is 0 Å². The maximum atomic E-state index is 5.21. The van der Waals surface area contributed by atoms with E-state index in [2.05, 4.69) is 37.2 Å². The zero-order valence-electron chi connectivity index (χ0n) is 9.01. The Kier molecular flexibility index (Phi) is 2.96. The van der Waals surface area contributed by atoms with Gasteiger partial charge in [0, 0.05) is 18.4 Å². The standard InChI is InChI=1S/C10H18N2S/c1-6(2)8-9(7(3)4)12(5)10(13)11-8/h6-7H,1-5H3,(H,11,13). The quantitative estimate of drug-likeness (QED) is 0.723. The van der Waals surface area contributed by atoms with Crippen molar-refractivity contribution in [3.8, 4) is 0 Å². The molecular weight excluding hydrogens is 180 g/mol. The van der Waals surface area contributed by atoms with Crippen LogP contribution in [0.3, 0.4) is 0 Å². The topological polar surface area (TPSA) is 20.7 Å². The SMILES string of the molecule is CC(C)c1[nH]c(=S)n(C)c1C(C)C. The second-order valence-electron chi connectivity index (χ2n) is 4.10. The van der Waals surface area contributed by atoms with Gasteiger partial charge in [-0.2, -0.15) is 0 Å². The van der Waals surface area contributed by atoms with Crippen LogP contribution >= 0.6 is 12.2 Å². The lowest BCUT2D eigenvalue weighted by atomic mass is 10.0. The summed E-state index contributed by atoms with van der Waals surface area (Å²) in [6.45, 7) is 8.77. The Morgan fingerprint density at radius 1 is 1.15 bits per heavy atom. The minimum Gasteiger partial charge on any atom is -0.334 e. The Balaban J connectivity index is 3.35. The summed E-state index contributed by atoms with van der Waals surface area (Å²) < 4.78 is 2.90. The zero-order chi connectivity index (χ0) is 10.2. The fraction of sp³-hybridized carbons (Fsp3) is 0.700. The molecule has 0 atom stereocenters. The minimum atomic E-state index is 0.514. The van der Waals surface area contributed by atoms with Crippen molar-refractivity contribution in [3.05, 3.63) is 16.2 Å². The number of H-pyrrole nitrogens is 1. The summed E-state index contributed by atoms with van der Waals surface area (Å²) in [5.41, 5.74) is 2.61. The smallest absolute Gasteiger partial charge is 0.177 e. The van der Waals surface area contributed by atoms with Gasteiger partial charge in [0.25, 0.3) is 0 Å². The Bertz CT molecular complexity index is 344. The van der Waals surface area contributed by atoms with E-state index in [0.29, 0.717) is 11.8 Å². The molecule has 1 heterocycles. The van der Waals surface area contributed by atoms with Gasteiger partial charge in [-0.3, -0.25) is 0 Å². The minimum absolute atomic E-state index is 0.514. The average molecular weight is 198 g/mol. The molecule has 1 rings (SSSR count). The number of nitrogens with zero attached hydrogens (tertiary/aromatic N) is 1. The van der Waals surface area contributed by atoms with Crippen LogP contribution in [0.15, 0.2) is 0 Å². The summed E-state index contributed by atoms with van der Waals surface area (Å²) in [4.78, 5) is 3.27. The molecule has 2 nitrogen and oxygen atoms in total. The highest BCUT2D eigenvalue weighted by Crippen LogP contribution is 2.24. The van der Waals surface area contributed by atoms with Gasteiger partial charge in [-0.1, -0.05) is 27.7 Å². The van der Waals surface area contributed by atoms with Crippen molar-refractivity contribution < 1.29 is 0 Å². The number of imidazole rings is 1. The van der Waals surface area contributed by atoms with Crippen molar-refractivity contribution in [2.24, 2.45) is 7.05 Å². The third-order valence-electron chi connectivity index (χ3n) is 2.31. The van der Waals surface area contributed by atoms with E-state index in [1.165, 1.54) is 11.4 Å². The van der Waals surface area contributed by atoms with E-state index in [0.717, 1.165) is 4.77 Å². The first-order valence-corrected chi connectivity index (χ1v) is 5.14. The Morgan fingerprint density at radius 2 is 1.69 bits per heavy atom. The van der Waals surface area contributed by atoms with Crippen LogP contribution in [0.1, 0.15) is 50.9 Å². The molecule has 0 spiro atoms. The van der Waals surface area contributed by atoms with Crippen molar-refractivity contribution in [3.63, 3.8) is 0 Å². The summed E-state index contributed by atoms with van der Waals surface area (Å²) in [6, 6.07) is 0. The molecule has 0 saturated heterocycles. The van der Waals surface area contributed by atoms with Gasteiger partial charge in [0.2, 0.25) is 0 Å². The molecule has 0 unspecified atom stereocenters. The molecule has 0 amide bonds. The lowest BCUT2D eigenvalue weighted by molar-refractivity contribution is 0.705. The van der Waals surface area contributed by atoms with Crippen LogP contribution in [-0.4, -0.2) is 9.55 Å². The van der Waals surface area contributed by atoms with Crippen molar-refractivity contribution in [2.45, 2.75) is 39.5 Å². The van der Waals surface area contributed by atoms with Crippen LogP contribution < -0.4 is 0 Å². The maximum absolute atomic E-state index is 5.21. The molecule has 0 fully saturated rings. The predicted octanol–water partition coefficient (Wildman–Crippen LogP) is 3.33. The molecule has 0 aromatic carbocycles. The fourth-order valence-corrected chi connectivity index (χ4v) is 1.90. The van der Waals surface area contributed by atoms with E-state index >= 15 is 0 Å². The molecule has 0 bridgehead atoms. The molecule has 0 aliphatic rings. The van der Waals surface area contributed by atoms with E-state index in [4.69, 9.17) is 12.2 Å². The summed E-state index contributed by atoms with van der Waals surface area (Å²) >= 11 is 5.21. The van der Waals surface area contributed by atoms with Crippen LogP contribution in [0.5, 0.6) is 0 Å². The number of nitrogens with one attached hydrogen (secondary N) is 1. The second-order valence-corrected chi connectivity index (χ2v) is 4.48. The van der Waals surface area contributed by atoms with E-state index in [1.807, 2.05) is 7.05 Å². The highest BCUT2D eigenvalue weighted by molar-refractivity contribution is 7.71. The van der Waals surface area contributed by atoms with Crippen LogP contribution in [-0.2, 0) is 7.05 Å². The van der Waals surface area contributed by atoms with Gasteiger partial charge < -0.3 is 9.55 Å². The normalized spacial score (nSPS) is 11.6. The number of aromatic amines is 1. The van der Waals surface area contributed by atoms with Gasteiger partial charge in [-0.15, -0.1) is 0 Å². The van der Waals surface area contributed by atoms with Gasteiger partial charge in [0.15, 0.2) is 4.77 Å². The van der Waals surface area contributed by atoms with Crippen molar-refractivity contribution in [1.82, 2.24) is 9.55 Å². The number of hydrogen-bond donors (Lipinski definition) is 1. The van der Waals surface area contributed by atoms with Gasteiger partial charge in [-0.05, 0) is 24.1 Å². The van der Waals surface area contributed by atoms with Crippen molar-refractivity contribution in [1.29, 1.82) is 0 Å². The molecule has 0 aliphatic carbocycles. The van der Waals surface area contributed by atoms with Gasteiger partial charge in [-0.25, -0.2) is 0 Å². The van der Waals surface area contributed by atoms with Crippen molar-refractivity contribution in [2.75, 3.05) is 0 Å². The molecule has 3 heteroatoms. The first-order valence-electron chi connectivity index (χ1n) is 4.74. The molecule has 1 N–H and O–H groups in total. The predicted molar refractivity (Wildman–Crippen MR) is 58.8 cm³/mol. The van der Waals surface area contributed by atoms with Crippen LogP contribution in [0.4, 0.5) is 0 Å². The number of aromatic nitrogens is 2. The Labute approximate surface area is 85.0 Å². The van der Waals surface area contributed by atoms with E-state index in [-0.39, 0.29) is 0 Å². The molecule has 1 aromatic heterocycles. The number of rotatable bonds is 2. The third-order valence-corrected chi connectivity index (χ3v) is 2.68. The largest absolute Gasteiger partial charge is 0.334 e. The highest BCUT2D eigenvalue weighted by Gasteiger charge is 2.14. The average Bonchev–Trinajstić information content (AvgIpc) is 2.28. The zero-order valence-corrected chi connectivity index (χ0v) is 9.83. The summed E-state index contributed by atoms with van der Waals surface area (Å²) in [5, 5.41) is 0. The monoisotopic (exact) mass is 198 g/mol. The second kappa shape index (κ2) is 3.66. The van der Waals surface area contributed by atoms with Crippen molar-refractivity contribution >= 4 is 12.2 Å². The molecule has 0 radical (unpaired) electrons. The van der Waals surface area contributed by atoms with Crippen LogP contribution in [0.2, 0.25) is 0 Å². The molecule has 0 aliphatic heterocycles. The van der Waals surface area contributed by atoms with E-state index < -0.39 is 0 Å². The van der Waals surface area contributed by atoms with Gasteiger partial charge in [0.1, 0.15) is 0 Å². The van der Waals surface area contributed by atoms with Crippen LogP contribution in [0.25, 0.3) is 0 Å². The molecule has 13 heavy (non-hydrogen) atoms. The summed E-state index contributed by atoms with van der Waals surface area (Å²) in [5.74, 6) is 1.04. The first-order chi connectivity index (χ1) is 5.95. The Hall–Kier alpha value is -0.570. The summed E-state index contributed by atoms with van der Waals surface area (Å²) in [6.07, 6.45) is 0. The molecule has 0 saturated carbocycles. The Morgan fingerprint density at radius 3 is 2.00 bits per heavy atom. The first kappa shape index (κ1) is 10.5. The molecular formula is C10H18N2S. The van der Waals surface area contributed by atoms with E-state index in [9.17, 15) is 0 Å². The van der Waals surface area contributed by atoms with Gasteiger partial charge >= 0.3 is 0 Å². The lowest BCUT2D eigenvalue weighted by Gasteiger charge is -2.11. The maximum Gasteiger partial charge on any atom is 0.177 e. The van der Waals surface area contributed by atoms with Crippen LogP contribution in [0, 0.1) is 4.77 Å². The fourth-order valence-electron chi connectivity index (χ4n) is 1.69. The number of hydrogen-bond acceptors (Lipinski definition) is 1. The third kappa shape index (κ3) is 1.85. The highest BCUT2D eigenvalue weighted by atomic mass is 32.1. The molecule has 74 valence electrons.